The van der Waals surface area contributed by atoms with Crippen LogP contribution in [0.5, 0.6) is 0 Å². The van der Waals surface area contributed by atoms with Crippen LogP contribution in [0.3, 0.4) is 0 Å². The second kappa shape index (κ2) is 3.32. The van der Waals surface area contributed by atoms with E-state index in [2.05, 4.69) is 29.2 Å². The molecule has 60 valence electrons. The zero-order valence-corrected chi connectivity index (χ0v) is 7.09. The number of nitrogens with one attached hydrogen (secondary N) is 1. The van der Waals surface area contributed by atoms with E-state index in [1.54, 1.807) is 0 Å². The first-order chi connectivity index (χ1) is 4.74. The molecule has 0 aromatic carbocycles. The number of likely N-dealkylation sites (N-methyl/N-ethyl adjacent to an activating group) is 1. The number of likely N-dealkylation sites (tertiary alicyclic amines) is 1. The number of rotatable bonds is 3. The maximum absolute atomic E-state index is 3.14. The van der Waals surface area contributed by atoms with Gasteiger partial charge in [0.15, 0.2) is 0 Å². The zero-order valence-electron chi connectivity index (χ0n) is 7.09. The Morgan fingerprint density at radius 2 is 2.10 bits per heavy atom. The van der Waals surface area contributed by atoms with E-state index >= 15 is 0 Å². The average molecular weight is 143 g/mol. The fourth-order valence-electron chi connectivity index (χ4n) is 1.22. The molecule has 0 unspecified atom stereocenters. The molecule has 0 aliphatic carbocycles. The first kappa shape index (κ1) is 7.98. The van der Waals surface area contributed by atoms with Crippen molar-refractivity contribution in [1.82, 2.24) is 15.1 Å². The number of hydrogen-bond acceptors (Lipinski definition) is 3. The second-order valence-corrected chi connectivity index (χ2v) is 3.17. The molecule has 3 nitrogen and oxygen atoms in total. The van der Waals surface area contributed by atoms with Crippen molar-refractivity contribution in [1.29, 1.82) is 0 Å². The summed E-state index contributed by atoms with van der Waals surface area (Å²) >= 11 is 0. The molecule has 10 heavy (non-hydrogen) atoms. The lowest BCUT2D eigenvalue weighted by Gasteiger charge is -2.42. The Hall–Kier alpha value is -0.120. The molecule has 1 N–H and O–H groups in total. The Labute approximate surface area is 63.0 Å². The van der Waals surface area contributed by atoms with Gasteiger partial charge in [0.1, 0.15) is 0 Å². The normalized spacial score (nSPS) is 21.6. The van der Waals surface area contributed by atoms with Gasteiger partial charge in [-0.2, -0.15) is 0 Å². The molecule has 0 radical (unpaired) electrons. The van der Waals surface area contributed by atoms with Crippen molar-refractivity contribution in [2.24, 2.45) is 0 Å². The maximum atomic E-state index is 3.14. The van der Waals surface area contributed by atoms with Crippen LogP contribution in [-0.4, -0.2) is 56.7 Å². The Kier molecular flexibility index (Phi) is 2.65. The van der Waals surface area contributed by atoms with Gasteiger partial charge < -0.3 is 10.2 Å². The van der Waals surface area contributed by atoms with Gasteiger partial charge in [-0.15, -0.1) is 0 Å². The molecule has 1 fully saturated rings. The molecule has 1 rings (SSSR count). The fourth-order valence-corrected chi connectivity index (χ4v) is 1.22. The van der Waals surface area contributed by atoms with Crippen LogP contribution < -0.4 is 5.32 Å². The van der Waals surface area contributed by atoms with E-state index in [1.165, 1.54) is 13.1 Å². The van der Waals surface area contributed by atoms with Crippen molar-refractivity contribution in [3.05, 3.63) is 0 Å². The summed E-state index contributed by atoms with van der Waals surface area (Å²) in [6, 6.07) is 0.786. The van der Waals surface area contributed by atoms with E-state index in [-0.39, 0.29) is 0 Å². The summed E-state index contributed by atoms with van der Waals surface area (Å²) in [6.45, 7) is 3.46. The van der Waals surface area contributed by atoms with Gasteiger partial charge in [-0.3, -0.25) is 4.90 Å². The van der Waals surface area contributed by atoms with E-state index in [9.17, 15) is 0 Å². The predicted molar refractivity (Wildman–Crippen MR) is 43.0 cm³/mol. The van der Waals surface area contributed by atoms with Crippen LogP contribution >= 0.6 is 0 Å². The summed E-state index contributed by atoms with van der Waals surface area (Å²) in [7, 11) is 6.27. The number of hydrogen-bond donors (Lipinski definition) is 1. The molecule has 0 aromatic heterocycles. The van der Waals surface area contributed by atoms with Gasteiger partial charge in [-0.05, 0) is 21.1 Å². The van der Waals surface area contributed by atoms with Crippen molar-refractivity contribution >= 4 is 0 Å². The molecule has 0 aromatic rings. The average Bonchev–Trinajstić information content (AvgIpc) is 1.76. The lowest BCUT2D eigenvalue weighted by molar-refractivity contribution is 0.0589. The van der Waals surface area contributed by atoms with Crippen molar-refractivity contribution in [2.75, 3.05) is 40.9 Å². The van der Waals surface area contributed by atoms with E-state index in [0.717, 1.165) is 12.7 Å². The minimum atomic E-state index is 0.786. The number of nitrogens with zero attached hydrogens (tertiary/aromatic N) is 2. The van der Waals surface area contributed by atoms with E-state index < -0.39 is 0 Å². The van der Waals surface area contributed by atoms with Crippen molar-refractivity contribution < 1.29 is 0 Å². The molecular weight excluding hydrogens is 126 g/mol. The lowest BCUT2D eigenvalue weighted by Crippen LogP contribution is -2.58. The first-order valence-electron chi connectivity index (χ1n) is 3.77. The van der Waals surface area contributed by atoms with Crippen LogP contribution in [0.1, 0.15) is 0 Å². The summed E-state index contributed by atoms with van der Waals surface area (Å²) in [5, 5.41) is 3.14. The summed E-state index contributed by atoms with van der Waals surface area (Å²) < 4.78 is 0. The Morgan fingerprint density at radius 3 is 2.50 bits per heavy atom. The molecular formula is C7H17N3. The maximum Gasteiger partial charge on any atom is 0.0479 e. The molecule has 1 aliphatic rings. The van der Waals surface area contributed by atoms with Crippen LogP contribution in [0.15, 0.2) is 0 Å². The van der Waals surface area contributed by atoms with Gasteiger partial charge in [0.2, 0.25) is 0 Å². The van der Waals surface area contributed by atoms with Crippen molar-refractivity contribution in [3.8, 4) is 0 Å². The monoisotopic (exact) mass is 143 g/mol. The lowest BCUT2D eigenvalue weighted by atomic mass is 10.1. The van der Waals surface area contributed by atoms with Crippen molar-refractivity contribution in [3.63, 3.8) is 0 Å². The third-order valence-corrected chi connectivity index (χ3v) is 2.05. The molecule has 3 heteroatoms. The zero-order chi connectivity index (χ0) is 7.56. The van der Waals surface area contributed by atoms with Gasteiger partial charge in [-0.1, -0.05) is 0 Å². The van der Waals surface area contributed by atoms with Crippen LogP contribution in [0.2, 0.25) is 0 Å². The quantitative estimate of drug-likeness (QED) is 0.569. The van der Waals surface area contributed by atoms with Gasteiger partial charge in [0, 0.05) is 25.8 Å². The highest BCUT2D eigenvalue weighted by atomic mass is 15.3. The summed E-state index contributed by atoms with van der Waals surface area (Å²) in [6.07, 6.45) is 0. The molecule has 0 spiro atoms. The van der Waals surface area contributed by atoms with Crippen LogP contribution in [0.25, 0.3) is 0 Å². The van der Waals surface area contributed by atoms with E-state index in [0.29, 0.717) is 0 Å². The van der Waals surface area contributed by atoms with Gasteiger partial charge >= 0.3 is 0 Å². The molecule has 1 aliphatic heterocycles. The van der Waals surface area contributed by atoms with Crippen LogP contribution in [0.4, 0.5) is 0 Å². The van der Waals surface area contributed by atoms with Gasteiger partial charge in [-0.25, -0.2) is 0 Å². The molecule has 0 bridgehead atoms. The second-order valence-electron chi connectivity index (χ2n) is 3.17. The van der Waals surface area contributed by atoms with Crippen LogP contribution in [0, 0.1) is 0 Å². The minimum absolute atomic E-state index is 0.786. The molecule has 1 saturated heterocycles. The Bertz CT molecular complexity index is 97.0. The standard InChI is InChI=1S/C7H17N3/c1-8-6-10-4-7(5-10)9(2)3/h7-8H,4-6H2,1-3H3. The highest BCUT2D eigenvalue weighted by Gasteiger charge is 2.26. The Balaban J connectivity index is 2.06. The third kappa shape index (κ3) is 1.68. The molecule has 0 amide bonds. The summed E-state index contributed by atoms with van der Waals surface area (Å²) in [5.74, 6) is 0. The highest BCUT2D eigenvalue weighted by molar-refractivity contribution is 4.84. The van der Waals surface area contributed by atoms with Gasteiger partial charge in [0.05, 0.1) is 0 Å². The highest BCUT2D eigenvalue weighted by Crippen LogP contribution is 2.09. The molecule has 0 atom stereocenters. The molecule has 1 heterocycles. The summed E-state index contributed by atoms with van der Waals surface area (Å²) in [4.78, 5) is 4.68. The van der Waals surface area contributed by atoms with Crippen LogP contribution in [-0.2, 0) is 0 Å². The largest absolute Gasteiger partial charge is 0.307 e. The minimum Gasteiger partial charge on any atom is -0.307 e. The fraction of sp³-hybridized carbons (Fsp3) is 1.00. The first-order valence-corrected chi connectivity index (χ1v) is 3.77. The third-order valence-electron chi connectivity index (χ3n) is 2.05. The van der Waals surface area contributed by atoms with Crippen molar-refractivity contribution in [2.45, 2.75) is 6.04 Å². The Morgan fingerprint density at radius 1 is 1.50 bits per heavy atom. The molecule has 0 saturated carbocycles. The predicted octanol–water partition coefficient (Wildman–Crippen LogP) is -0.591. The van der Waals surface area contributed by atoms with E-state index in [1.807, 2.05) is 7.05 Å². The van der Waals surface area contributed by atoms with Gasteiger partial charge in [0.25, 0.3) is 0 Å². The van der Waals surface area contributed by atoms with E-state index in [4.69, 9.17) is 0 Å². The topological polar surface area (TPSA) is 18.5 Å². The smallest absolute Gasteiger partial charge is 0.0479 e. The SMILES string of the molecule is CNCN1CC(N(C)C)C1. The summed E-state index contributed by atoms with van der Waals surface area (Å²) in [5.41, 5.74) is 0.